The van der Waals surface area contributed by atoms with Crippen LogP contribution in [0.25, 0.3) is 0 Å². The van der Waals surface area contributed by atoms with E-state index in [0.717, 1.165) is 48.5 Å². The van der Waals surface area contributed by atoms with Crippen LogP contribution in [-0.2, 0) is 16.5 Å². The van der Waals surface area contributed by atoms with Crippen LogP contribution in [-0.4, -0.2) is 11.4 Å². The van der Waals surface area contributed by atoms with Gasteiger partial charge in [0.1, 0.15) is 5.71 Å². The SMILES string of the molecule is CCCCCCCCCCCCCCCCCCCCCCCCCCC#CC(=Nc1cc(C)cc(C)c1)C(CCCC)=Nc1cc(C)cc(C)c1.[Ni]. The fourth-order valence-electron chi connectivity index (χ4n) is 7.37. The quantitative estimate of drug-likeness (QED) is 0.0327. The third-order valence-electron chi connectivity index (χ3n) is 10.3. The molecule has 0 aliphatic carbocycles. The van der Waals surface area contributed by atoms with Crippen LogP contribution in [0.5, 0.6) is 0 Å². The minimum atomic E-state index is 0. The average molecular weight is 768 g/mol. The Bertz CT molecular complexity index is 1290. The maximum Gasteiger partial charge on any atom is 0.135 e. The predicted octanol–water partition coefficient (Wildman–Crippen LogP) is 16.7. The Balaban J connectivity index is 0.0000140. The molecule has 0 spiro atoms. The number of aliphatic imine (C=N–C) groups is 2. The van der Waals surface area contributed by atoms with Crippen molar-refractivity contribution in [2.24, 2.45) is 9.98 Å². The van der Waals surface area contributed by atoms with Crippen molar-refractivity contribution in [2.45, 2.75) is 221 Å². The van der Waals surface area contributed by atoms with Crippen LogP contribution in [0.1, 0.15) is 216 Å². The average Bonchev–Trinajstić information content (AvgIpc) is 3.10. The first-order valence-electron chi connectivity index (χ1n) is 22.2. The fourth-order valence-corrected chi connectivity index (χ4v) is 7.37. The molecule has 0 unspecified atom stereocenters. The third kappa shape index (κ3) is 26.3. The summed E-state index contributed by atoms with van der Waals surface area (Å²) in [7, 11) is 0. The summed E-state index contributed by atoms with van der Waals surface area (Å²) in [6.07, 6.45) is 38.1. The molecule has 2 aromatic carbocycles. The van der Waals surface area contributed by atoms with Gasteiger partial charge in [0, 0.05) is 22.9 Å². The van der Waals surface area contributed by atoms with E-state index in [1.165, 1.54) is 176 Å². The number of benzene rings is 2. The zero-order valence-electron chi connectivity index (χ0n) is 35.5. The summed E-state index contributed by atoms with van der Waals surface area (Å²) >= 11 is 0. The second-order valence-corrected chi connectivity index (χ2v) is 16.0. The predicted molar refractivity (Wildman–Crippen MR) is 234 cm³/mol. The number of unbranched alkanes of at least 4 members (excludes halogenated alkanes) is 25. The Morgan fingerprint density at radius 2 is 0.736 bits per heavy atom. The van der Waals surface area contributed by atoms with Crippen molar-refractivity contribution in [1.29, 1.82) is 0 Å². The summed E-state index contributed by atoms with van der Waals surface area (Å²) in [5.41, 5.74) is 8.76. The van der Waals surface area contributed by atoms with Gasteiger partial charge in [-0.15, -0.1) is 0 Å². The van der Waals surface area contributed by atoms with Gasteiger partial charge in [-0.25, -0.2) is 4.99 Å². The van der Waals surface area contributed by atoms with Gasteiger partial charge in [-0.2, -0.15) is 0 Å². The van der Waals surface area contributed by atoms with Crippen LogP contribution in [0, 0.1) is 39.5 Å². The van der Waals surface area contributed by atoms with Crippen LogP contribution >= 0.6 is 0 Å². The molecule has 0 amide bonds. The molecule has 0 saturated carbocycles. The van der Waals surface area contributed by atoms with Gasteiger partial charge < -0.3 is 0 Å². The number of nitrogens with zero attached hydrogens (tertiary/aromatic N) is 2. The van der Waals surface area contributed by atoms with Gasteiger partial charge in [-0.05, 0) is 99.4 Å². The van der Waals surface area contributed by atoms with Crippen molar-refractivity contribution < 1.29 is 16.5 Å². The molecule has 3 heteroatoms. The maximum atomic E-state index is 5.16. The van der Waals surface area contributed by atoms with Crippen LogP contribution < -0.4 is 0 Å². The zero-order chi connectivity index (χ0) is 37.5. The Morgan fingerprint density at radius 1 is 0.415 bits per heavy atom. The Morgan fingerprint density at radius 3 is 1.09 bits per heavy atom. The summed E-state index contributed by atoms with van der Waals surface area (Å²) in [6, 6.07) is 13.1. The number of hydrogen-bond donors (Lipinski definition) is 0. The molecule has 0 N–H and O–H groups in total. The van der Waals surface area contributed by atoms with E-state index < -0.39 is 0 Å². The standard InChI is InChI=1S/C50H80N2.Ni/c1-7-9-11-12-13-14-15-16-17-18-19-20-21-22-23-24-25-26-27-28-29-30-31-32-33-34-36-50(52-48-41-45(5)38-46(6)42-48)49(35-10-8-2)51-47-39-43(3)37-44(4)40-47;/h37-42H,7-33,35H2,1-6H3;. The minimum Gasteiger partial charge on any atom is -0.250 e. The van der Waals surface area contributed by atoms with E-state index in [4.69, 9.17) is 9.98 Å². The van der Waals surface area contributed by atoms with Crippen LogP contribution in [0.2, 0.25) is 0 Å². The van der Waals surface area contributed by atoms with Gasteiger partial charge in [-0.3, -0.25) is 4.99 Å². The van der Waals surface area contributed by atoms with E-state index >= 15 is 0 Å². The van der Waals surface area contributed by atoms with Gasteiger partial charge >= 0.3 is 0 Å². The first-order valence-corrected chi connectivity index (χ1v) is 22.2. The van der Waals surface area contributed by atoms with E-state index in [1.54, 1.807) is 0 Å². The van der Waals surface area contributed by atoms with Crippen LogP contribution in [0.15, 0.2) is 46.4 Å². The Labute approximate surface area is 339 Å². The smallest absolute Gasteiger partial charge is 0.135 e. The first-order chi connectivity index (χ1) is 25.4. The normalized spacial score (nSPS) is 11.7. The van der Waals surface area contributed by atoms with Crippen molar-refractivity contribution in [3.05, 3.63) is 58.7 Å². The van der Waals surface area contributed by atoms with E-state index in [-0.39, 0.29) is 16.5 Å². The number of aryl methyl sites for hydroxylation is 4. The first kappa shape index (κ1) is 48.9. The molecule has 0 radical (unpaired) electrons. The summed E-state index contributed by atoms with van der Waals surface area (Å²) in [5, 5.41) is 0. The molecule has 0 bridgehead atoms. The van der Waals surface area contributed by atoms with E-state index in [2.05, 4.69) is 89.8 Å². The molecule has 2 aromatic rings. The monoisotopic (exact) mass is 767 g/mol. The third-order valence-corrected chi connectivity index (χ3v) is 10.3. The van der Waals surface area contributed by atoms with Gasteiger partial charge in [-0.1, -0.05) is 186 Å². The summed E-state index contributed by atoms with van der Waals surface area (Å²) in [5.74, 6) is 7.01. The van der Waals surface area contributed by atoms with Crippen LogP contribution in [0.4, 0.5) is 11.4 Å². The van der Waals surface area contributed by atoms with Crippen LogP contribution in [0.3, 0.4) is 0 Å². The van der Waals surface area contributed by atoms with Crippen molar-refractivity contribution >= 4 is 22.8 Å². The molecule has 0 aromatic heterocycles. The molecule has 0 heterocycles. The molecule has 53 heavy (non-hydrogen) atoms. The van der Waals surface area contributed by atoms with Crippen molar-refractivity contribution in [3.8, 4) is 11.8 Å². The molecule has 0 fully saturated rings. The molecule has 0 aliphatic heterocycles. The summed E-state index contributed by atoms with van der Waals surface area (Å²) < 4.78 is 0. The van der Waals surface area contributed by atoms with E-state index in [0.29, 0.717) is 0 Å². The van der Waals surface area contributed by atoms with Crippen molar-refractivity contribution in [3.63, 3.8) is 0 Å². The van der Waals surface area contributed by atoms with Gasteiger partial charge in [0.15, 0.2) is 0 Å². The molecule has 2 nitrogen and oxygen atoms in total. The Kier molecular flexibility index (Phi) is 30.6. The topological polar surface area (TPSA) is 24.7 Å². The second-order valence-electron chi connectivity index (χ2n) is 16.0. The fraction of sp³-hybridized carbons (Fsp3) is 0.680. The molecule has 2 rings (SSSR count). The summed E-state index contributed by atoms with van der Waals surface area (Å²) in [6.45, 7) is 13.1. The number of rotatable bonds is 30. The molecular formula is C50H80N2Ni. The molecule has 0 saturated heterocycles. The summed E-state index contributed by atoms with van der Waals surface area (Å²) in [4.78, 5) is 10.3. The zero-order valence-corrected chi connectivity index (χ0v) is 36.5. The van der Waals surface area contributed by atoms with Gasteiger partial charge in [0.2, 0.25) is 0 Å². The molecule has 300 valence electrons. The van der Waals surface area contributed by atoms with Gasteiger partial charge in [0.05, 0.1) is 17.1 Å². The van der Waals surface area contributed by atoms with E-state index in [9.17, 15) is 0 Å². The van der Waals surface area contributed by atoms with Crippen molar-refractivity contribution in [1.82, 2.24) is 0 Å². The molecule has 0 atom stereocenters. The second kappa shape index (κ2) is 33.2. The maximum absolute atomic E-state index is 5.16. The molecular weight excluding hydrogens is 687 g/mol. The van der Waals surface area contributed by atoms with E-state index in [1.807, 2.05) is 0 Å². The molecule has 0 aliphatic rings. The number of hydrogen-bond acceptors (Lipinski definition) is 2. The Hall–Kier alpha value is -2.17. The van der Waals surface area contributed by atoms with Gasteiger partial charge in [0.25, 0.3) is 0 Å². The largest absolute Gasteiger partial charge is 0.250 e. The van der Waals surface area contributed by atoms with Crippen molar-refractivity contribution in [2.75, 3.05) is 0 Å². The minimum absolute atomic E-state index is 0.